The summed E-state index contributed by atoms with van der Waals surface area (Å²) in [6, 6.07) is 0. The fourth-order valence-corrected chi connectivity index (χ4v) is 3.73. The van der Waals surface area contributed by atoms with Gasteiger partial charge in [0.15, 0.2) is 9.84 Å². The summed E-state index contributed by atoms with van der Waals surface area (Å²) in [5.74, 6) is -0.457. The number of hydrogen-bond acceptors (Lipinski definition) is 5. The molecule has 0 spiro atoms. The van der Waals surface area contributed by atoms with Gasteiger partial charge in [-0.2, -0.15) is 0 Å². The number of hydrogen-bond donors (Lipinski definition) is 1. The van der Waals surface area contributed by atoms with E-state index in [9.17, 15) is 13.2 Å². The van der Waals surface area contributed by atoms with E-state index in [-0.39, 0.29) is 18.1 Å². The van der Waals surface area contributed by atoms with Gasteiger partial charge in [0.25, 0.3) is 0 Å². The number of nitrogens with one attached hydrogen (secondary N) is 1. The van der Waals surface area contributed by atoms with Gasteiger partial charge in [0.1, 0.15) is 5.54 Å². The highest BCUT2D eigenvalue weighted by Gasteiger charge is 2.45. The van der Waals surface area contributed by atoms with Gasteiger partial charge in [0, 0.05) is 0 Å². The number of carbonyl (C=O) groups is 1. The van der Waals surface area contributed by atoms with Crippen LogP contribution in [0.3, 0.4) is 0 Å². The lowest BCUT2D eigenvalue weighted by molar-refractivity contribution is -0.150. The molecule has 1 unspecified atom stereocenters. The predicted octanol–water partition coefficient (Wildman–Crippen LogP) is -0.284. The lowest BCUT2D eigenvalue weighted by Crippen LogP contribution is -2.58. The van der Waals surface area contributed by atoms with Crippen molar-refractivity contribution < 1.29 is 17.9 Å². The molecule has 0 radical (unpaired) electrons. The van der Waals surface area contributed by atoms with Crippen LogP contribution in [0.25, 0.3) is 0 Å². The summed E-state index contributed by atoms with van der Waals surface area (Å²) in [6.45, 7) is 1.97. The normalized spacial score (nSPS) is 29.7. The van der Waals surface area contributed by atoms with E-state index in [0.717, 1.165) is 0 Å². The summed E-state index contributed by atoms with van der Waals surface area (Å²) in [6.07, 6.45) is 1.02. The standard InChI is InChI=1S/C9H17NO4S/c1-3-14-8(11)9(10-2)5-4-6-15(12,13)7-9/h10H,3-7H2,1-2H3. The third-order valence-corrected chi connectivity index (χ3v) is 4.51. The zero-order valence-electron chi connectivity index (χ0n) is 9.08. The number of rotatable bonds is 3. The second-order valence-electron chi connectivity index (χ2n) is 3.75. The van der Waals surface area contributed by atoms with Crippen molar-refractivity contribution in [1.29, 1.82) is 0 Å². The molecule has 0 aromatic rings. The Bertz CT molecular complexity index is 338. The molecule has 0 aromatic carbocycles. The minimum atomic E-state index is -3.13. The molecule has 5 nitrogen and oxygen atoms in total. The average Bonchev–Trinajstić information content (AvgIpc) is 2.16. The SMILES string of the molecule is CCOC(=O)C1(NC)CCCS(=O)(=O)C1. The van der Waals surface area contributed by atoms with Crippen LogP contribution in [0.1, 0.15) is 19.8 Å². The molecule has 1 fully saturated rings. The largest absolute Gasteiger partial charge is 0.465 e. The van der Waals surface area contributed by atoms with Crippen LogP contribution >= 0.6 is 0 Å². The molecule has 0 aliphatic carbocycles. The molecule has 1 rings (SSSR count). The van der Waals surface area contributed by atoms with Crippen molar-refractivity contribution in [3.05, 3.63) is 0 Å². The van der Waals surface area contributed by atoms with Crippen LogP contribution in [0.2, 0.25) is 0 Å². The number of ether oxygens (including phenoxy) is 1. The highest BCUT2D eigenvalue weighted by atomic mass is 32.2. The Kier molecular flexibility index (Phi) is 3.72. The summed E-state index contributed by atoms with van der Waals surface area (Å²) in [5, 5.41) is 2.80. The highest BCUT2D eigenvalue weighted by molar-refractivity contribution is 7.91. The van der Waals surface area contributed by atoms with Gasteiger partial charge >= 0.3 is 5.97 Å². The molecular weight excluding hydrogens is 218 g/mol. The fraction of sp³-hybridized carbons (Fsp3) is 0.889. The maximum Gasteiger partial charge on any atom is 0.327 e. The zero-order chi connectivity index (χ0) is 11.5. The Labute approximate surface area is 90.1 Å². The summed E-state index contributed by atoms with van der Waals surface area (Å²) in [5.41, 5.74) is -1.03. The van der Waals surface area contributed by atoms with Crippen LogP contribution in [0.4, 0.5) is 0 Å². The number of sulfone groups is 1. The number of esters is 1. The molecule has 0 bridgehead atoms. The summed E-state index contributed by atoms with van der Waals surface area (Å²) in [7, 11) is -1.53. The van der Waals surface area contributed by atoms with E-state index in [0.29, 0.717) is 12.8 Å². The highest BCUT2D eigenvalue weighted by Crippen LogP contribution is 2.24. The Morgan fingerprint density at radius 2 is 2.20 bits per heavy atom. The van der Waals surface area contributed by atoms with Crippen molar-refractivity contribution in [2.24, 2.45) is 0 Å². The van der Waals surface area contributed by atoms with E-state index >= 15 is 0 Å². The van der Waals surface area contributed by atoms with Crippen LogP contribution in [-0.2, 0) is 19.4 Å². The van der Waals surface area contributed by atoms with E-state index in [2.05, 4.69) is 5.32 Å². The first kappa shape index (κ1) is 12.4. The molecule has 88 valence electrons. The third-order valence-electron chi connectivity index (χ3n) is 2.67. The first-order valence-corrected chi connectivity index (χ1v) is 6.84. The van der Waals surface area contributed by atoms with E-state index in [1.165, 1.54) is 0 Å². The van der Waals surface area contributed by atoms with E-state index in [1.54, 1.807) is 14.0 Å². The monoisotopic (exact) mass is 235 g/mol. The van der Waals surface area contributed by atoms with Crippen molar-refractivity contribution in [2.45, 2.75) is 25.3 Å². The molecule has 1 saturated heterocycles. The van der Waals surface area contributed by atoms with E-state index in [4.69, 9.17) is 4.74 Å². The third kappa shape index (κ3) is 2.69. The average molecular weight is 235 g/mol. The van der Waals surface area contributed by atoms with Crippen LogP contribution in [0.15, 0.2) is 0 Å². The van der Waals surface area contributed by atoms with Crippen LogP contribution in [-0.4, -0.2) is 45.1 Å². The molecule has 6 heteroatoms. The minimum absolute atomic E-state index is 0.157. The van der Waals surface area contributed by atoms with Crippen molar-refractivity contribution in [3.63, 3.8) is 0 Å². The topological polar surface area (TPSA) is 72.5 Å². The van der Waals surface area contributed by atoms with Crippen LogP contribution < -0.4 is 5.32 Å². The molecule has 1 aliphatic rings. The van der Waals surface area contributed by atoms with Gasteiger partial charge in [0.2, 0.25) is 0 Å². The van der Waals surface area contributed by atoms with Crippen molar-refractivity contribution >= 4 is 15.8 Å². The zero-order valence-corrected chi connectivity index (χ0v) is 9.89. The summed E-state index contributed by atoms with van der Waals surface area (Å²) >= 11 is 0. The van der Waals surface area contributed by atoms with Crippen molar-refractivity contribution in [1.82, 2.24) is 5.32 Å². The van der Waals surface area contributed by atoms with Gasteiger partial charge in [0.05, 0.1) is 18.1 Å². The fourth-order valence-electron chi connectivity index (χ4n) is 1.84. The van der Waals surface area contributed by atoms with Gasteiger partial charge in [-0.1, -0.05) is 0 Å². The van der Waals surface area contributed by atoms with Gasteiger partial charge in [-0.25, -0.2) is 8.42 Å². The second kappa shape index (κ2) is 4.49. The van der Waals surface area contributed by atoms with Crippen LogP contribution in [0.5, 0.6) is 0 Å². The summed E-state index contributed by atoms with van der Waals surface area (Å²) in [4.78, 5) is 11.7. The molecule has 0 saturated carbocycles. The van der Waals surface area contributed by atoms with Gasteiger partial charge < -0.3 is 10.1 Å². The Hall–Kier alpha value is -0.620. The number of likely N-dealkylation sites (N-methyl/N-ethyl adjacent to an activating group) is 1. The van der Waals surface area contributed by atoms with Crippen molar-refractivity contribution in [2.75, 3.05) is 25.2 Å². The van der Waals surface area contributed by atoms with Gasteiger partial charge in [-0.3, -0.25) is 4.79 Å². The Morgan fingerprint density at radius 3 is 2.67 bits per heavy atom. The molecule has 1 heterocycles. The molecule has 15 heavy (non-hydrogen) atoms. The molecule has 0 amide bonds. The molecule has 0 aromatic heterocycles. The second-order valence-corrected chi connectivity index (χ2v) is 5.93. The first-order valence-electron chi connectivity index (χ1n) is 5.02. The Morgan fingerprint density at radius 1 is 1.53 bits per heavy atom. The quantitative estimate of drug-likeness (QED) is 0.681. The van der Waals surface area contributed by atoms with E-state index in [1.807, 2.05) is 0 Å². The van der Waals surface area contributed by atoms with Crippen molar-refractivity contribution in [3.8, 4) is 0 Å². The lowest BCUT2D eigenvalue weighted by Gasteiger charge is -2.33. The minimum Gasteiger partial charge on any atom is -0.465 e. The first-order chi connectivity index (χ1) is 6.96. The Balaban J connectivity index is 2.89. The molecule has 1 atom stereocenters. The van der Waals surface area contributed by atoms with Gasteiger partial charge in [-0.05, 0) is 26.8 Å². The molecule has 1 N–H and O–H groups in total. The van der Waals surface area contributed by atoms with Gasteiger partial charge in [-0.15, -0.1) is 0 Å². The lowest BCUT2D eigenvalue weighted by atomic mass is 9.96. The smallest absolute Gasteiger partial charge is 0.327 e. The van der Waals surface area contributed by atoms with Crippen LogP contribution in [0, 0.1) is 0 Å². The maximum atomic E-state index is 11.7. The molecular formula is C9H17NO4S. The maximum absolute atomic E-state index is 11.7. The van der Waals surface area contributed by atoms with E-state index < -0.39 is 21.3 Å². The predicted molar refractivity (Wildman–Crippen MR) is 56.3 cm³/mol. The molecule has 1 aliphatic heterocycles. The summed E-state index contributed by atoms with van der Waals surface area (Å²) < 4.78 is 27.9. The number of carbonyl (C=O) groups excluding carboxylic acids is 1.